The SMILES string of the molecule is O=C1CN(c2cccc(N3CCNCC3)c2)C(=O)CN1. The topological polar surface area (TPSA) is 64.7 Å². The van der Waals surface area contributed by atoms with E-state index < -0.39 is 0 Å². The average Bonchev–Trinajstić information content (AvgIpc) is 2.51. The first-order chi connectivity index (χ1) is 9.74. The molecule has 1 aromatic rings. The molecule has 2 heterocycles. The molecule has 0 saturated carbocycles. The fraction of sp³-hybridized carbons (Fsp3) is 0.429. The molecule has 2 N–H and O–H groups in total. The van der Waals surface area contributed by atoms with Crippen LogP contribution in [0.5, 0.6) is 0 Å². The number of hydrogen-bond donors (Lipinski definition) is 2. The second-order valence-electron chi connectivity index (χ2n) is 5.01. The normalized spacial score (nSPS) is 20.0. The zero-order chi connectivity index (χ0) is 13.9. The van der Waals surface area contributed by atoms with Crippen molar-refractivity contribution in [3.63, 3.8) is 0 Å². The third-order valence-corrected chi connectivity index (χ3v) is 3.66. The first-order valence-corrected chi connectivity index (χ1v) is 6.87. The summed E-state index contributed by atoms with van der Waals surface area (Å²) in [4.78, 5) is 27.2. The summed E-state index contributed by atoms with van der Waals surface area (Å²) in [5.41, 5.74) is 1.89. The van der Waals surface area contributed by atoms with Crippen LogP contribution in [0.4, 0.5) is 11.4 Å². The predicted molar refractivity (Wildman–Crippen MR) is 76.9 cm³/mol. The van der Waals surface area contributed by atoms with Gasteiger partial charge in [-0.05, 0) is 18.2 Å². The Morgan fingerprint density at radius 3 is 2.60 bits per heavy atom. The number of rotatable bonds is 2. The van der Waals surface area contributed by atoms with Crippen LogP contribution in [0.15, 0.2) is 24.3 Å². The molecule has 2 aliphatic rings. The van der Waals surface area contributed by atoms with Crippen molar-refractivity contribution in [1.29, 1.82) is 0 Å². The van der Waals surface area contributed by atoms with Crippen LogP contribution in [0.2, 0.25) is 0 Å². The molecule has 0 aromatic heterocycles. The smallest absolute Gasteiger partial charge is 0.246 e. The van der Waals surface area contributed by atoms with Crippen molar-refractivity contribution in [2.24, 2.45) is 0 Å². The van der Waals surface area contributed by atoms with Gasteiger partial charge in [0.2, 0.25) is 11.8 Å². The summed E-state index contributed by atoms with van der Waals surface area (Å²) < 4.78 is 0. The van der Waals surface area contributed by atoms with Gasteiger partial charge in [-0.2, -0.15) is 0 Å². The van der Waals surface area contributed by atoms with Gasteiger partial charge in [0, 0.05) is 37.6 Å². The quantitative estimate of drug-likeness (QED) is 0.767. The average molecular weight is 274 g/mol. The summed E-state index contributed by atoms with van der Waals surface area (Å²) in [6.07, 6.45) is 0. The van der Waals surface area contributed by atoms with Crippen molar-refractivity contribution in [3.05, 3.63) is 24.3 Å². The number of carbonyl (C=O) groups is 2. The molecule has 0 radical (unpaired) electrons. The van der Waals surface area contributed by atoms with E-state index in [9.17, 15) is 9.59 Å². The number of amides is 2. The van der Waals surface area contributed by atoms with E-state index in [4.69, 9.17) is 0 Å². The third-order valence-electron chi connectivity index (χ3n) is 3.66. The summed E-state index contributed by atoms with van der Waals surface area (Å²) >= 11 is 0. The van der Waals surface area contributed by atoms with E-state index in [0.717, 1.165) is 37.6 Å². The second-order valence-corrected chi connectivity index (χ2v) is 5.01. The fourth-order valence-electron chi connectivity index (χ4n) is 2.57. The summed E-state index contributed by atoms with van der Waals surface area (Å²) in [6, 6.07) is 7.85. The lowest BCUT2D eigenvalue weighted by atomic mass is 10.2. The maximum absolute atomic E-state index is 11.9. The highest BCUT2D eigenvalue weighted by molar-refractivity contribution is 6.04. The van der Waals surface area contributed by atoms with Crippen LogP contribution < -0.4 is 20.4 Å². The highest BCUT2D eigenvalue weighted by Crippen LogP contribution is 2.23. The first kappa shape index (κ1) is 12.9. The van der Waals surface area contributed by atoms with Gasteiger partial charge in [0.1, 0.15) is 6.54 Å². The molecule has 0 bridgehead atoms. The van der Waals surface area contributed by atoms with Crippen LogP contribution in [0.25, 0.3) is 0 Å². The Labute approximate surface area is 117 Å². The van der Waals surface area contributed by atoms with Gasteiger partial charge in [-0.25, -0.2) is 0 Å². The lowest BCUT2D eigenvalue weighted by Gasteiger charge is -2.31. The van der Waals surface area contributed by atoms with E-state index in [1.165, 1.54) is 0 Å². The van der Waals surface area contributed by atoms with Crippen molar-refractivity contribution < 1.29 is 9.59 Å². The Kier molecular flexibility index (Phi) is 3.56. The van der Waals surface area contributed by atoms with Gasteiger partial charge in [-0.15, -0.1) is 0 Å². The largest absolute Gasteiger partial charge is 0.369 e. The van der Waals surface area contributed by atoms with Gasteiger partial charge in [-0.1, -0.05) is 6.07 Å². The van der Waals surface area contributed by atoms with Gasteiger partial charge >= 0.3 is 0 Å². The van der Waals surface area contributed by atoms with Crippen LogP contribution in [0.1, 0.15) is 0 Å². The van der Waals surface area contributed by atoms with E-state index in [-0.39, 0.29) is 24.9 Å². The minimum absolute atomic E-state index is 0.0675. The molecule has 0 atom stereocenters. The Morgan fingerprint density at radius 1 is 1.05 bits per heavy atom. The molecule has 1 aromatic carbocycles. The van der Waals surface area contributed by atoms with Crippen LogP contribution in [0.3, 0.4) is 0 Å². The summed E-state index contributed by atoms with van der Waals surface area (Å²) in [7, 11) is 0. The molecule has 20 heavy (non-hydrogen) atoms. The van der Waals surface area contributed by atoms with Crippen LogP contribution in [-0.4, -0.2) is 51.1 Å². The molecule has 2 aliphatic heterocycles. The van der Waals surface area contributed by atoms with Gasteiger partial charge < -0.3 is 20.4 Å². The molecule has 2 amide bonds. The molecular formula is C14H18N4O2. The summed E-state index contributed by atoms with van der Waals surface area (Å²) in [5.74, 6) is -0.181. The monoisotopic (exact) mass is 274 g/mol. The maximum Gasteiger partial charge on any atom is 0.246 e. The first-order valence-electron chi connectivity index (χ1n) is 6.87. The Hall–Kier alpha value is -2.08. The maximum atomic E-state index is 11.9. The van der Waals surface area contributed by atoms with Gasteiger partial charge in [-0.3, -0.25) is 9.59 Å². The van der Waals surface area contributed by atoms with Crippen molar-refractivity contribution in [1.82, 2.24) is 10.6 Å². The van der Waals surface area contributed by atoms with Crippen molar-refractivity contribution in [2.75, 3.05) is 49.1 Å². The van der Waals surface area contributed by atoms with E-state index in [1.54, 1.807) is 4.90 Å². The van der Waals surface area contributed by atoms with Crippen LogP contribution in [0, 0.1) is 0 Å². The van der Waals surface area contributed by atoms with Crippen molar-refractivity contribution >= 4 is 23.2 Å². The summed E-state index contributed by atoms with van der Waals surface area (Å²) in [6.45, 7) is 4.03. The van der Waals surface area contributed by atoms with Crippen LogP contribution >= 0.6 is 0 Å². The minimum Gasteiger partial charge on any atom is -0.369 e. The number of hydrogen-bond acceptors (Lipinski definition) is 4. The second kappa shape index (κ2) is 5.50. The number of piperazine rings is 2. The molecule has 2 saturated heterocycles. The van der Waals surface area contributed by atoms with Gasteiger partial charge in [0.15, 0.2) is 0 Å². The van der Waals surface area contributed by atoms with E-state index in [1.807, 2.05) is 24.3 Å². The molecule has 6 nitrogen and oxygen atoms in total. The standard InChI is InChI=1S/C14H18N4O2/c19-13-10-18(14(20)9-16-13)12-3-1-2-11(8-12)17-6-4-15-5-7-17/h1-3,8,15H,4-7,9-10H2,(H,16,19). The molecule has 0 aliphatic carbocycles. The zero-order valence-corrected chi connectivity index (χ0v) is 11.3. The Balaban J connectivity index is 1.82. The predicted octanol–water partition coefficient (Wildman–Crippen LogP) is -0.441. The van der Waals surface area contributed by atoms with E-state index in [2.05, 4.69) is 15.5 Å². The van der Waals surface area contributed by atoms with Gasteiger partial charge in [0.05, 0.1) is 6.54 Å². The molecule has 0 unspecified atom stereocenters. The molecule has 3 rings (SSSR count). The lowest BCUT2D eigenvalue weighted by Crippen LogP contribution is -2.51. The molecule has 0 spiro atoms. The minimum atomic E-state index is -0.114. The van der Waals surface area contributed by atoms with Gasteiger partial charge in [0.25, 0.3) is 0 Å². The zero-order valence-electron chi connectivity index (χ0n) is 11.3. The number of anilines is 2. The number of benzene rings is 1. The van der Waals surface area contributed by atoms with E-state index in [0.29, 0.717) is 0 Å². The Morgan fingerprint density at radius 2 is 1.80 bits per heavy atom. The number of nitrogens with zero attached hydrogens (tertiary/aromatic N) is 2. The molecule has 106 valence electrons. The Bertz CT molecular complexity index is 526. The van der Waals surface area contributed by atoms with Crippen molar-refractivity contribution in [3.8, 4) is 0 Å². The molecule has 6 heteroatoms. The highest BCUT2D eigenvalue weighted by atomic mass is 16.2. The molecule has 2 fully saturated rings. The van der Waals surface area contributed by atoms with E-state index >= 15 is 0 Å². The van der Waals surface area contributed by atoms with Crippen molar-refractivity contribution in [2.45, 2.75) is 0 Å². The number of carbonyl (C=O) groups excluding carboxylic acids is 2. The fourth-order valence-corrected chi connectivity index (χ4v) is 2.57. The van der Waals surface area contributed by atoms with Crippen LogP contribution in [-0.2, 0) is 9.59 Å². The highest BCUT2D eigenvalue weighted by Gasteiger charge is 2.24. The lowest BCUT2D eigenvalue weighted by molar-refractivity contribution is -0.128. The molecular weight excluding hydrogens is 256 g/mol. The summed E-state index contributed by atoms with van der Waals surface area (Å²) in [5, 5.41) is 5.88. The number of nitrogens with one attached hydrogen (secondary N) is 2. The third kappa shape index (κ3) is 2.60.